The molecule has 0 fully saturated rings. The van der Waals surface area contributed by atoms with Crippen molar-refractivity contribution in [2.24, 2.45) is 10.9 Å². The van der Waals surface area contributed by atoms with Crippen LogP contribution in [0.4, 0.5) is 0 Å². The van der Waals surface area contributed by atoms with E-state index in [4.69, 9.17) is 10.9 Å². The predicted molar refractivity (Wildman–Crippen MR) is 67.1 cm³/mol. The molecule has 0 radical (unpaired) electrons. The molecule has 7 nitrogen and oxygen atoms in total. The van der Waals surface area contributed by atoms with Crippen molar-refractivity contribution in [3.63, 3.8) is 0 Å². The van der Waals surface area contributed by atoms with E-state index >= 15 is 0 Å². The first-order valence-corrected chi connectivity index (χ1v) is 6.71. The van der Waals surface area contributed by atoms with Crippen LogP contribution in [-0.4, -0.2) is 54.3 Å². The zero-order valence-electron chi connectivity index (χ0n) is 11.0. The summed E-state index contributed by atoms with van der Waals surface area (Å²) in [5.41, 5.74) is 5.36. The highest BCUT2D eigenvalue weighted by molar-refractivity contribution is 7.86. The lowest BCUT2D eigenvalue weighted by molar-refractivity contribution is 0.307. The third kappa shape index (κ3) is 4.14. The molecule has 0 aliphatic carbocycles. The topological polar surface area (TPSA) is 99.2 Å². The van der Waals surface area contributed by atoms with Crippen molar-refractivity contribution < 1.29 is 13.6 Å². The normalized spacial score (nSPS) is 15.9. The lowest BCUT2D eigenvalue weighted by Crippen LogP contribution is -2.47. The summed E-state index contributed by atoms with van der Waals surface area (Å²) < 4.78 is 26.7. The highest BCUT2D eigenvalue weighted by Gasteiger charge is 2.29. The van der Waals surface area contributed by atoms with Crippen LogP contribution in [0.2, 0.25) is 0 Å². The van der Waals surface area contributed by atoms with E-state index in [0.29, 0.717) is 0 Å². The predicted octanol–water partition coefficient (Wildman–Crippen LogP) is 0.0282. The van der Waals surface area contributed by atoms with Gasteiger partial charge in [-0.1, -0.05) is 5.16 Å². The van der Waals surface area contributed by atoms with E-state index in [1.54, 1.807) is 20.8 Å². The second-order valence-electron chi connectivity index (χ2n) is 4.28. The molecule has 0 aromatic heterocycles. The van der Waals surface area contributed by atoms with Gasteiger partial charge in [0.1, 0.15) is 5.84 Å². The number of hydrogen-bond donors (Lipinski definition) is 2. The molecule has 17 heavy (non-hydrogen) atoms. The van der Waals surface area contributed by atoms with Gasteiger partial charge in [0.2, 0.25) is 0 Å². The number of oxime groups is 1. The highest BCUT2D eigenvalue weighted by atomic mass is 32.2. The second kappa shape index (κ2) is 6.18. The average Bonchev–Trinajstić information content (AvgIpc) is 2.26. The Morgan fingerprint density at radius 1 is 1.29 bits per heavy atom. The van der Waals surface area contributed by atoms with E-state index < -0.39 is 10.2 Å². The Hall–Kier alpha value is -0.860. The van der Waals surface area contributed by atoms with E-state index in [9.17, 15) is 8.42 Å². The maximum atomic E-state index is 12.1. The van der Waals surface area contributed by atoms with Gasteiger partial charge in [0.25, 0.3) is 10.2 Å². The fourth-order valence-electron chi connectivity index (χ4n) is 1.17. The highest BCUT2D eigenvalue weighted by Crippen LogP contribution is 2.13. The number of nitrogens with two attached hydrogens (primary N) is 1. The Bertz CT molecular complexity index is 366. The van der Waals surface area contributed by atoms with Crippen LogP contribution in [0.3, 0.4) is 0 Å². The first-order chi connectivity index (χ1) is 7.64. The van der Waals surface area contributed by atoms with Gasteiger partial charge in [-0.25, -0.2) is 0 Å². The summed E-state index contributed by atoms with van der Waals surface area (Å²) >= 11 is 0. The molecule has 0 aliphatic rings. The lowest BCUT2D eigenvalue weighted by Gasteiger charge is -2.30. The standard InChI is InChI=1S/C9H22N4O3S/c1-7(2)12(4)17(15,16)13(5)8(3)6-9(10)11-14/h7-8,14H,6H2,1-5H3,(H2,10,11). The number of amidine groups is 1. The van der Waals surface area contributed by atoms with Crippen molar-refractivity contribution in [1.29, 1.82) is 0 Å². The van der Waals surface area contributed by atoms with Crippen LogP contribution in [0.5, 0.6) is 0 Å². The quantitative estimate of drug-likeness (QED) is 0.306. The summed E-state index contributed by atoms with van der Waals surface area (Å²) in [6.45, 7) is 5.28. The molecule has 0 saturated heterocycles. The molecule has 1 atom stereocenters. The van der Waals surface area contributed by atoms with Gasteiger partial charge in [0, 0.05) is 32.6 Å². The summed E-state index contributed by atoms with van der Waals surface area (Å²) in [5.74, 6) is 0.00625. The Morgan fingerprint density at radius 3 is 2.12 bits per heavy atom. The molecule has 0 amide bonds. The van der Waals surface area contributed by atoms with Gasteiger partial charge < -0.3 is 10.9 Å². The summed E-state index contributed by atoms with van der Waals surface area (Å²) in [4.78, 5) is 0. The third-order valence-electron chi connectivity index (χ3n) is 2.71. The first kappa shape index (κ1) is 16.1. The van der Waals surface area contributed by atoms with Gasteiger partial charge in [0.15, 0.2) is 0 Å². The second-order valence-corrected chi connectivity index (χ2v) is 6.33. The van der Waals surface area contributed by atoms with E-state index in [1.807, 2.05) is 0 Å². The van der Waals surface area contributed by atoms with Crippen LogP contribution in [0.25, 0.3) is 0 Å². The van der Waals surface area contributed by atoms with Crippen LogP contribution in [0.15, 0.2) is 5.16 Å². The fourth-order valence-corrected chi connectivity index (χ4v) is 2.64. The van der Waals surface area contributed by atoms with Crippen molar-refractivity contribution in [3.8, 4) is 0 Å². The average molecular weight is 266 g/mol. The molecule has 0 saturated carbocycles. The Kier molecular flexibility index (Phi) is 5.86. The molecule has 8 heteroatoms. The van der Waals surface area contributed by atoms with E-state index in [-0.39, 0.29) is 24.3 Å². The third-order valence-corrected chi connectivity index (χ3v) is 4.95. The molecular formula is C9H22N4O3S. The molecule has 102 valence electrons. The summed E-state index contributed by atoms with van der Waals surface area (Å²) in [5, 5.41) is 11.3. The van der Waals surface area contributed by atoms with Crippen molar-refractivity contribution in [3.05, 3.63) is 0 Å². The van der Waals surface area contributed by atoms with Crippen LogP contribution >= 0.6 is 0 Å². The van der Waals surface area contributed by atoms with E-state index in [1.165, 1.54) is 22.7 Å². The molecule has 3 N–H and O–H groups in total. The maximum absolute atomic E-state index is 12.1. The first-order valence-electron chi connectivity index (χ1n) is 5.32. The van der Waals surface area contributed by atoms with Crippen LogP contribution in [0.1, 0.15) is 27.2 Å². The van der Waals surface area contributed by atoms with Gasteiger partial charge >= 0.3 is 0 Å². The molecule has 0 aliphatic heterocycles. The minimum atomic E-state index is -3.52. The molecule has 0 heterocycles. The van der Waals surface area contributed by atoms with Crippen LogP contribution in [-0.2, 0) is 10.2 Å². The summed E-state index contributed by atoms with van der Waals surface area (Å²) in [6.07, 6.45) is 0.179. The number of nitrogens with zero attached hydrogens (tertiary/aromatic N) is 3. The zero-order valence-corrected chi connectivity index (χ0v) is 11.8. The molecular weight excluding hydrogens is 244 g/mol. The number of hydrogen-bond acceptors (Lipinski definition) is 4. The van der Waals surface area contributed by atoms with Gasteiger partial charge in [-0.15, -0.1) is 0 Å². The van der Waals surface area contributed by atoms with Gasteiger partial charge in [-0.05, 0) is 20.8 Å². The Labute approximate surface area is 103 Å². The fraction of sp³-hybridized carbons (Fsp3) is 0.889. The minimum absolute atomic E-state index is 0.00625. The molecule has 0 bridgehead atoms. The van der Waals surface area contributed by atoms with Crippen LogP contribution in [0, 0.1) is 0 Å². The molecule has 0 rings (SSSR count). The summed E-state index contributed by atoms with van der Waals surface area (Å²) in [7, 11) is -0.521. The Balaban J connectivity index is 4.86. The zero-order chi connectivity index (χ0) is 13.8. The maximum Gasteiger partial charge on any atom is 0.281 e. The summed E-state index contributed by atoms with van der Waals surface area (Å²) in [6, 6.07) is -0.504. The Morgan fingerprint density at radius 2 is 1.76 bits per heavy atom. The van der Waals surface area contributed by atoms with Crippen molar-refractivity contribution in [2.45, 2.75) is 39.3 Å². The smallest absolute Gasteiger partial charge is 0.281 e. The molecule has 1 unspecified atom stereocenters. The van der Waals surface area contributed by atoms with Crippen molar-refractivity contribution in [2.75, 3.05) is 14.1 Å². The number of rotatable bonds is 6. The minimum Gasteiger partial charge on any atom is -0.409 e. The molecule has 0 aromatic rings. The molecule has 0 spiro atoms. The van der Waals surface area contributed by atoms with Gasteiger partial charge in [-0.2, -0.15) is 17.0 Å². The van der Waals surface area contributed by atoms with E-state index in [0.717, 1.165) is 0 Å². The van der Waals surface area contributed by atoms with E-state index in [2.05, 4.69) is 5.16 Å². The monoisotopic (exact) mass is 266 g/mol. The largest absolute Gasteiger partial charge is 0.409 e. The van der Waals surface area contributed by atoms with Crippen molar-refractivity contribution in [1.82, 2.24) is 8.61 Å². The van der Waals surface area contributed by atoms with Gasteiger partial charge in [0.05, 0.1) is 0 Å². The van der Waals surface area contributed by atoms with Crippen molar-refractivity contribution >= 4 is 16.0 Å². The van der Waals surface area contributed by atoms with Crippen LogP contribution < -0.4 is 5.73 Å². The SMILES string of the molecule is CC(C)N(C)S(=O)(=O)N(C)C(C)CC(N)=NO. The lowest BCUT2D eigenvalue weighted by atomic mass is 10.2. The van der Waals surface area contributed by atoms with Gasteiger partial charge in [-0.3, -0.25) is 0 Å². The molecule has 0 aromatic carbocycles.